The molecule has 1 aliphatic carbocycles. The van der Waals surface area contributed by atoms with Crippen LogP contribution in [0.25, 0.3) is 0 Å². The molecule has 0 amide bonds. The third kappa shape index (κ3) is 1.80. The molecule has 2 rings (SSSR count). The van der Waals surface area contributed by atoms with Crippen molar-refractivity contribution in [2.75, 3.05) is 17.7 Å². The van der Waals surface area contributed by atoms with E-state index in [1.165, 1.54) is 6.07 Å². The molecule has 0 saturated heterocycles. The minimum Gasteiger partial charge on any atom is -0.478 e. The molecule has 1 aliphatic rings. The zero-order chi connectivity index (χ0) is 11.9. The van der Waals surface area contributed by atoms with E-state index in [-0.39, 0.29) is 11.3 Å². The van der Waals surface area contributed by atoms with Crippen LogP contribution in [0, 0.1) is 5.82 Å². The predicted molar refractivity (Wildman–Crippen MR) is 59.2 cm³/mol. The molecule has 16 heavy (non-hydrogen) atoms. The average molecular weight is 224 g/mol. The summed E-state index contributed by atoms with van der Waals surface area (Å²) in [5.41, 5.74) is 5.65. The zero-order valence-electron chi connectivity index (χ0n) is 8.90. The van der Waals surface area contributed by atoms with Gasteiger partial charge in [0.15, 0.2) is 0 Å². The highest BCUT2D eigenvalue weighted by molar-refractivity contribution is 5.95. The SMILES string of the molecule is CN(c1cc(C(=O)O)c(N)cc1F)C1CC1. The molecule has 86 valence electrons. The average Bonchev–Trinajstić information content (AvgIpc) is 2.99. The molecule has 0 bridgehead atoms. The Kier molecular flexibility index (Phi) is 2.46. The molecule has 0 heterocycles. The van der Waals surface area contributed by atoms with E-state index in [1.54, 1.807) is 11.9 Å². The van der Waals surface area contributed by atoms with Gasteiger partial charge in [0.1, 0.15) is 5.82 Å². The van der Waals surface area contributed by atoms with Crippen molar-refractivity contribution in [3.63, 3.8) is 0 Å². The van der Waals surface area contributed by atoms with Crippen LogP contribution in [0.4, 0.5) is 15.8 Å². The van der Waals surface area contributed by atoms with Crippen LogP contribution in [0.2, 0.25) is 0 Å². The quantitative estimate of drug-likeness (QED) is 0.767. The van der Waals surface area contributed by atoms with Crippen molar-refractivity contribution in [1.29, 1.82) is 0 Å². The maximum absolute atomic E-state index is 13.6. The minimum atomic E-state index is -1.14. The molecule has 0 atom stereocenters. The fourth-order valence-electron chi connectivity index (χ4n) is 1.69. The number of benzene rings is 1. The minimum absolute atomic E-state index is 0.0436. The summed E-state index contributed by atoms with van der Waals surface area (Å²) < 4.78 is 13.6. The Hall–Kier alpha value is -1.78. The number of aromatic carboxylic acids is 1. The van der Waals surface area contributed by atoms with E-state index in [9.17, 15) is 9.18 Å². The first-order chi connectivity index (χ1) is 7.50. The summed E-state index contributed by atoms with van der Waals surface area (Å²) in [6.07, 6.45) is 2.03. The van der Waals surface area contributed by atoms with Crippen LogP contribution in [0.15, 0.2) is 12.1 Å². The van der Waals surface area contributed by atoms with Crippen molar-refractivity contribution in [2.24, 2.45) is 0 Å². The standard InChI is InChI=1S/C11H13FN2O2/c1-14(6-2-3-6)10-4-7(11(15)16)9(13)5-8(10)12/h4-6H,2-3,13H2,1H3,(H,15,16). The Labute approximate surface area is 92.5 Å². The molecule has 3 N–H and O–H groups in total. The van der Waals surface area contributed by atoms with Gasteiger partial charge in [0.25, 0.3) is 0 Å². The first kappa shape index (κ1) is 10.7. The van der Waals surface area contributed by atoms with Crippen LogP contribution in [-0.2, 0) is 0 Å². The van der Waals surface area contributed by atoms with E-state index in [4.69, 9.17) is 10.8 Å². The van der Waals surface area contributed by atoms with Gasteiger partial charge in [0.05, 0.1) is 11.3 Å². The topological polar surface area (TPSA) is 66.6 Å². The first-order valence-electron chi connectivity index (χ1n) is 5.06. The summed E-state index contributed by atoms with van der Waals surface area (Å²) in [5.74, 6) is -1.61. The van der Waals surface area contributed by atoms with Crippen molar-refractivity contribution in [2.45, 2.75) is 18.9 Å². The van der Waals surface area contributed by atoms with E-state index in [2.05, 4.69) is 0 Å². The van der Waals surface area contributed by atoms with Gasteiger partial charge in [0, 0.05) is 18.8 Å². The van der Waals surface area contributed by atoms with Gasteiger partial charge in [-0.15, -0.1) is 0 Å². The summed E-state index contributed by atoms with van der Waals surface area (Å²) in [6.45, 7) is 0. The molecule has 0 aromatic heterocycles. The Morgan fingerprint density at radius 2 is 2.19 bits per heavy atom. The van der Waals surface area contributed by atoms with Gasteiger partial charge in [-0.3, -0.25) is 0 Å². The van der Waals surface area contributed by atoms with Crippen molar-refractivity contribution in [3.8, 4) is 0 Å². The third-order valence-corrected chi connectivity index (χ3v) is 2.82. The number of hydrogen-bond donors (Lipinski definition) is 2. The van der Waals surface area contributed by atoms with E-state index < -0.39 is 11.8 Å². The van der Waals surface area contributed by atoms with Crippen LogP contribution in [0.3, 0.4) is 0 Å². The Morgan fingerprint density at radius 1 is 1.56 bits per heavy atom. The van der Waals surface area contributed by atoms with E-state index >= 15 is 0 Å². The van der Waals surface area contributed by atoms with E-state index in [1.807, 2.05) is 0 Å². The Morgan fingerprint density at radius 3 is 2.69 bits per heavy atom. The highest BCUT2D eigenvalue weighted by Gasteiger charge is 2.28. The number of nitrogen functional groups attached to an aromatic ring is 1. The molecule has 0 unspecified atom stereocenters. The zero-order valence-corrected chi connectivity index (χ0v) is 8.90. The van der Waals surface area contributed by atoms with Gasteiger partial charge in [0.2, 0.25) is 0 Å². The van der Waals surface area contributed by atoms with Crippen LogP contribution in [0.1, 0.15) is 23.2 Å². The normalized spacial score (nSPS) is 14.9. The van der Waals surface area contributed by atoms with Crippen LogP contribution in [-0.4, -0.2) is 24.2 Å². The van der Waals surface area contributed by atoms with Crippen molar-refractivity contribution < 1.29 is 14.3 Å². The largest absolute Gasteiger partial charge is 0.478 e. The summed E-state index contributed by atoms with van der Waals surface area (Å²) in [4.78, 5) is 12.6. The fourth-order valence-corrected chi connectivity index (χ4v) is 1.69. The second-order valence-electron chi connectivity index (χ2n) is 4.04. The monoisotopic (exact) mass is 224 g/mol. The summed E-state index contributed by atoms with van der Waals surface area (Å²) in [7, 11) is 1.76. The van der Waals surface area contributed by atoms with E-state index in [0.717, 1.165) is 18.9 Å². The van der Waals surface area contributed by atoms with Gasteiger partial charge in [-0.2, -0.15) is 0 Å². The van der Waals surface area contributed by atoms with Gasteiger partial charge < -0.3 is 15.7 Å². The lowest BCUT2D eigenvalue weighted by Crippen LogP contribution is -2.21. The highest BCUT2D eigenvalue weighted by Crippen LogP contribution is 2.33. The molecule has 0 radical (unpaired) electrons. The number of carboxylic acids is 1. The molecule has 1 saturated carbocycles. The number of anilines is 2. The lowest BCUT2D eigenvalue weighted by molar-refractivity contribution is 0.0698. The number of rotatable bonds is 3. The van der Waals surface area contributed by atoms with Crippen molar-refractivity contribution >= 4 is 17.3 Å². The fraction of sp³-hybridized carbons (Fsp3) is 0.364. The molecule has 1 fully saturated rings. The highest BCUT2D eigenvalue weighted by atomic mass is 19.1. The number of nitrogens with two attached hydrogens (primary N) is 1. The molecule has 0 aliphatic heterocycles. The van der Waals surface area contributed by atoms with Gasteiger partial charge in [-0.25, -0.2) is 9.18 Å². The van der Waals surface area contributed by atoms with Gasteiger partial charge in [-0.1, -0.05) is 0 Å². The predicted octanol–water partition coefficient (Wildman–Crippen LogP) is 1.70. The Bertz CT molecular complexity index is 444. The van der Waals surface area contributed by atoms with Crippen LogP contribution >= 0.6 is 0 Å². The number of carboxylic acid groups (broad SMARTS) is 1. The second-order valence-corrected chi connectivity index (χ2v) is 4.04. The second kappa shape index (κ2) is 3.66. The summed E-state index contributed by atoms with van der Waals surface area (Å²) >= 11 is 0. The molecule has 0 spiro atoms. The van der Waals surface area contributed by atoms with Crippen LogP contribution < -0.4 is 10.6 Å². The Balaban J connectivity index is 2.43. The van der Waals surface area contributed by atoms with Crippen molar-refractivity contribution in [1.82, 2.24) is 0 Å². The van der Waals surface area contributed by atoms with Gasteiger partial charge >= 0.3 is 5.97 Å². The number of nitrogens with zero attached hydrogens (tertiary/aromatic N) is 1. The number of hydrogen-bond acceptors (Lipinski definition) is 3. The molecule has 4 nitrogen and oxygen atoms in total. The van der Waals surface area contributed by atoms with E-state index in [0.29, 0.717) is 11.7 Å². The lowest BCUT2D eigenvalue weighted by atomic mass is 10.1. The molecular weight excluding hydrogens is 211 g/mol. The maximum atomic E-state index is 13.6. The molecule has 5 heteroatoms. The van der Waals surface area contributed by atoms with Gasteiger partial charge in [-0.05, 0) is 25.0 Å². The molecule has 1 aromatic rings. The smallest absolute Gasteiger partial charge is 0.337 e. The summed E-state index contributed by atoms with van der Waals surface area (Å²) in [6, 6.07) is 2.68. The molecule has 1 aromatic carbocycles. The number of halogens is 1. The lowest BCUT2D eigenvalue weighted by Gasteiger charge is -2.20. The molecular formula is C11H13FN2O2. The van der Waals surface area contributed by atoms with Crippen molar-refractivity contribution in [3.05, 3.63) is 23.5 Å². The maximum Gasteiger partial charge on any atom is 0.337 e. The summed E-state index contributed by atoms with van der Waals surface area (Å²) in [5, 5.41) is 8.90. The van der Waals surface area contributed by atoms with Crippen LogP contribution in [0.5, 0.6) is 0 Å². The number of carbonyl (C=O) groups is 1. The first-order valence-corrected chi connectivity index (χ1v) is 5.06. The third-order valence-electron chi connectivity index (χ3n) is 2.82.